The molecule has 0 atom stereocenters. The second kappa shape index (κ2) is 11.4. The number of hydrogen-bond donors (Lipinski definition) is 0. The van der Waals surface area contributed by atoms with E-state index in [0.29, 0.717) is 54.2 Å². The van der Waals surface area contributed by atoms with Crippen LogP contribution in [0.3, 0.4) is 0 Å². The van der Waals surface area contributed by atoms with Gasteiger partial charge in [0.05, 0.1) is 22.9 Å². The third kappa shape index (κ3) is 5.37. The number of amides is 1. The van der Waals surface area contributed by atoms with Crippen LogP contribution < -0.4 is 4.90 Å². The fourth-order valence-electron chi connectivity index (χ4n) is 4.94. The number of aromatic nitrogens is 5. The molecule has 1 amide bonds. The SMILES string of the molecule is O=C(c1nn(-c2ccccc2Cl)c(-c2ccc(Br)cc2)c1Cn1cncn1)N1CCN(c2cccc(Cl)c2)CC1. The summed E-state index contributed by atoms with van der Waals surface area (Å²) in [4.78, 5) is 22.3. The second-order valence-electron chi connectivity index (χ2n) is 9.40. The Morgan fingerprint density at radius 3 is 2.40 bits per heavy atom. The molecule has 0 radical (unpaired) electrons. The molecular weight excluding hydrogens is 613 g/mol. The molecule has 1 aliphatic rings. The summed E-state index contributed by atoms with van der Waals surface area (Å²) in [6, 6.07) is 23.2. The standard InChI is InChI=1S/C29H24BrCl2N7O/c30-21-10-8-20(9-11-21)28-24(17-38-19-33-18-34-38)27(35-39(28)26-7-2-1-6-25(26)32)29(40)37-14-12-36(13-15-37)23-5-3-4-22(31)16-23/h1-11,16,18-19H,12-15,17H2. The molecule has 5 aromatic rings. The number of anilines is 1. The second-order valence-corrected chi connectivity index (χ2v) is 11.2. The minimum absolute atomic E-state index is 0.134. The van der Waals surface area contributed by atoms with Crippen LogP contribution in [0.1, 0.15) is 16.1 Å². The van der Waals surface area contributed by atoms with Gasteiger partial charge in [-0.2, -0.15) is 10.2 Å². The topological polar surface area (TPSA) is 72.1 Å². The molecule has 3 heterocycles. The molecule has 1 aliphatic heterocycles. The van der Waals surface area contributed by atoms with Gasteiger partial charge in [0.1, 0.15) is 12.7 Å². The average molecular weight is 637 g/mol. The van der Waals surface area contributed by atoms with Crippen LogP contribution in [0.5, 0.6) is 0 Å². The number of benzene rings is 3. The van der Waals surface area contributed by atoms with Crippen molar-refractivity contribution in [2.75, 3.05) is 31.1 Å². The van der Waals surface area contributed by atoms with Crippen molar-refractivity contribution in [1.29, 1.82) is 0 Å². The summed E-state index contributed by atoms with van der Waals surface area (Å²) >= 11 is 16.4. The lowest BCUT2D eigenvalue weighted by Gasteiger charge is -2.36. The molecule has 0 N–H and O–H groups in total. The zero-order valence-electron chi connectivity index (χ0n) is 21.3. The first-order valence-electron chi connectivity index (χ1n) is 12.7. The maximum absolute atomic E-state index is 14.1. The van der Waals surface area contributed by atoms with E-state index in [1.807, 2.05) is 77.7 Å². The summed E-state index contributed by atoms with van der Waals surface area (Å²) in [7, 11) is 0. The van der Waals surface area contributed by atoms with Crippen molar-refractivity contribution in [1.82, 2.24) is 29.4 Å². The molecule has 2 aromatic heterocycles. The van der Waals surface area contributed by atoms with Crippen molar-refractivity contribution in [2.45, 2.75) is 6.54 Å². The lowest BCUT2D eigenvalue weighted by Crippen LogP contribution is -2.49. The summed E-state index contributed by atoms with van der Waals surface area (Å²) in [5.41, 5.74) is 4.52. The van der Waals surface area contributed by atoms with Crippen LogP contribution in [0.2, 0.25) is 10.0 Å². The van der Waals surface area contributed by atoms with E-state index in [0.717, 1.165) is 27.0 Å². The molecule has 0 aliphatic carbocycles. The van der Waals surface area contributed by atoms with Crippen LogP contribution in [0.4, 0.5) is 5.69 Å². The van der Waals surface area contributed by atoms with Gasteiger partial charge in [-0.3, -0.25) is 4.79 Å². The van der Waals surface area contributed by atoms with Gasteiger partial charge in [0, 0.05) is 52.5 Å². The maximum atomic E-state index is 14.1. The summed E-state index contributed by atoms with van der Waals surface area (Å²) in [6.45, 7) is 2.81. The number of rotatable bonds is 6. The molecule has 40 heavy (non-hydrogen) atoms. The lowest BCUT2D eigenvalue weighted by atomic mass is 10.0. The predicted octanol–water partition coefficient (Wildman–Crippen LogP) is 6.21. The van der Waals surface area contributed by atoms with Gasteiger partial charge in [0.15, 0.2) is 5.69 Å². The van der Waals surface area contributed by atoms with Gasteiger partial charge in [-0.05, 0) is 42.5 Å². The summed E-state index contributed by atoms with van der Waals surface area (Å²) in [5, 5.41) is 10.5. The molecule has 6 rings (SSSR count). The number of hydrogen-bond acceptors (Lipinski definition) is 5. The monoisotopic (exact) mass is 635 g/mol. The molecule has 3 aromatic carbocycles. The van der Waals surface area contributed by atoms with Gasteiger partial charge < -0.3 is 9.80 Å². The largest absolute Gasteiger partial charge is 0.368 e. The van der Waals surface area contributed by atoms with Gasteiger partial charge >= 0.3 is 0 Å². The zero-order chi connectivity index (χ0) is 27.6. The highest BCUT2D eigenvalue weighted by molar-refractivity contribution is 9.10. The summed E-state index contributed by atoms with van der Waals surface area (Å²) < 4.78 is 4.42. The van der Waals surface area contributed by atoms with Gasteiger partial charge in [-0.15, -0.1) is 0 Å². The number of carbonyl (C=O) groups is 1. The molecular formula is C29H24BrCl2N7O. The summed E-state index contributed by atoms with van der Waals surface area (Å²) in [6.07, 6.45) is 3.12. The molecule has 11 heteroatoms. The Bertz CT molecular complexity index is 1650. The first-order chi connectivity index (χ1) is 19.5. The van der Waals surface area contributed by atoms with E-state index < -0.39 is 0 Å². The Labute approximate surface area is 249 Å². The van der Waals surface area contributed by atoms with E-state index >= 15 is 0 Å². The van der Waals surface area contributed by atoms with E-state index in [1.54, 1.807) is 15.7 Å². The number of carbonyl (C=O) groups excluding carboxylic acids is 1. The van der Waals surface area contributed by atoms with Gasteiger partial charge in [-0.25, -0.2) is 14.3 Å². The zero-order valence-corrected chi connectivity index (χ0v) is 24.4. The fourth-order valence-corrected chi connectivity index (χ4v) is 5.61. The number of halogens is 3. The van der Waals surface area contributed by atoms with Gasteiger partial charge in [0.25, 0.3) is 5.91 Å². The third-order valence-corrected chi connectivity index (χ3v) is 7.99. The summed E-state index contributed by atoms with van der Waals surface area (Å²) in [5.74, 6) is -0.134. The van der Waals surface area contributed by atoms with E-state index in [9.17, 15) is 4.79 Å². The van der Waals surface area contributed by atoms with Gasteiger partial charge in [-0.1, -0.05) is 69.5 Å². The number of para-hydroxylation sites is 1. The Morgan fingerprint density at radius 1 is 0.925 bits per heavy atom. The van der Waals surface area contributed by atoms with Crippen LogP contribution in [0.15, 0.2) is 89.9 Å². The Morgan fingerprint density at radius 2 is 1.70 bits per heavy atom. The molecule has 8 nitrogen and oxygen atoms in total. The molecule has 202 valence electrons. The Balaban J connectivity index is 1.42. The highest BCUT2D eigenvalue weighted by Gasteiger charge is 2.31. The van der Waals surface area contributed by atoms with Crippen molar-refractivity contribution >= 4 is 50.7 Å². The predicted molar refractivity (Wildman–Crippen MR) is 160 cm³/mol. The average Bonchev–Trinajstić information content (AvgIpc) is 3.62. The third-order valence-electron chi connectivity index (χ3n) is 6.91. The molecule has 0 saturated carbocycles. The lowest BCUT2D eigenvalue weighted by molar-refractivity contribution is 0.0739. The fraction of sp³-hybridized carbons (Fsp3) is 0.172. The van der Waals surface area contributed by atoms with Crippen molar-refractivity contribution in [3.8, 4) is 16.9 Å². The molecule has 0 bridgehead atoms. The molecule has 1 fully saturated rings. The van der Waals surface area contributed by atoms with Crippen LogP contribution in [-0.2, 0) is 6.54 Å². The van der Waals surface area contributed by atoms with Crippen LogP contribution >= 0.6 is 39.1 Å². The Kier molecular flexibility index (Phi) is 7.60. The minimum atomic E-state index is -0.134. The van der Waals surface area contributed by atoms with Crippen LogP contribution in [0.25, 0.3) is 16.9 Å². The van der Waals surface area contributed by atoms with Crippen LogP contribution in [0, 0.1) is 0 Å². The molecule has 0 spiro atoms. The molecule has 1 saturated heterocycles. The smallest absolute Gasteiger partial charge is 0.274 e. The van der Waals surface area contributed by atoms with Crippen LogP contribution in [-0.4, -0.2) is 61.5 Å². The van der Waals surface area contributed by atoms with E-state index in [1.165, 1.54) is 6.33 Å². The quantitative estimate of drug-likeness (QED) is 0.222. The minimum Gasteiger partial charge on any atom is -0.368 e. The highest BCUT2D eigenvalue weighted by atomic mass is 79.9. The number of piperazine rings is 1. The molecule has 0 unspecified atom stereocenters. The normalized spacial score (nSPS) is 13.6. The van der Waals surface area contributed by atoms with Gasteiger partial charge in [0.2, 0.25) is 0 Å². The van der Waals surface area contributed by atoms with Crippen molar-refractivity contribution in [3.05, 3.63) is 111 Å². The first kappa shape index (κ1) is 26.6. The highest BCUT2D eigenvalue weighted by Crippen LogP contribution is 2.34. The van der Waals surface area contributed by atoms with Crippen molar-refractivity contribution in [2.24, 2.45) is 0 Å². The van der Waals surface area contributed by atoms with Crippen molar-refractivity contribution in [3.63, 3.8) is 0 Å². The van der Waals surface area contributed by atoms with E-state index in [2.05, 4.69) is 30.9 Å². The Hall–Kier alpha value is -3.66. The van der Waals surface area contributed by atoms with E-state index in [4.69, 9.17) is 28.3 Å². The maximum Gasteiger partial charge on any atom is 0.274 e. The van der Waals surface area contributed by atoms with Crippen molar-refractivity contribution < 1.29 is 4.79 Å². The van der Waals surface area contributed by atoms with E-state index in [-0.39, 0.29) is 5.91 Å². The number of nitrogens with zero attached hydrogens (tertiary/aromatic N) is 7. The first-order valence-corrected chi connectivity index (χ1v) is 14.3.